The predicted molar refractivity (Wildman–Crippen MR) is 121 cm³/mol. The lowest BCUT2D eigenvalue weighted by atomic mass is 9.82. The number of hydrogen-bond donors (Lipinski definition) is 1. The number of benzene rings is 2. The van der Waals surface area contributed by atoms with E-state index in [2.05, 4.69) is 15.1 Å². The van der Waals surface area contributed by atoms with Crippen LogP contribution in [-0.4, -0.2) is 45.2 Å². The summed E-state index contributed by atoms with van der Waals surface area (Å²) in [5.41, 5.74) is 1.77. The molecule has 5 rings (SSSR count). The highest BCUT2D eigenvalue weighted by atomic mass is 19.4. The largest absolute Gasteiger partial charge is 0.497 e. The molecule has 0 unspecified atom stereocenters. The van der Waals surface area contributed by atoms with Crippen molar-refractivity contribution in [3.8, 4) is 5.75 Å². The number of methoxy groups -OCH3 is 1. The number of carbonyl (C=O) groups is 1. The maximum absolute atomic E-state index is 13.4. The van der Waals surface area contributed by atoms with Gasteiger partial charge in [0.15, 0.2) is 0 Å². The zero-order valence-electron chi connectivity index (χ0n) is 18.6. The Morgan fingerprint density at radius 2 is 1.97 bits per heavy atom. The van der Waals surface area contributed by atoms with Crippen LogP contribution < -0.4 is 19.9 Å². The molecule has 2 aromatic rings. The van der Waals surface area contributed by atoms with E-state index in [1.54, 1.807) is 13.2 Å². The van der Waals surface area contributed by atoms with Gasteiger partial charge in [0.1, 0.15) is 5.75 Å². The van der Waals surface area contributed by atoms with Crippen molar-refractivity contribution in [2.24, 2.45) is 11.8 Å². The van der Waals surface area contributed by atoms with Crippen molar-refractivity contribution in [1.29, 1.82) is 0 Å². The van der Waals surface area contributed by atoms with Gasteiger partial charge in [-0.2, -0.15) is 13.2 Å². The number of nitrogens with one attached hydrogen (secondary N) is 1. The Labute approximate surface area is 191 Å². The smallest absolute Gasteiger partial charge is 0.416 e. The van der Waals surface area contributed by atoms with Crippen molar-refractivity contribution >= 4 is 17.3 Å². The summed E-state index contributed by atoms with van der Waals surface area (Å²) >= 11 is 0. The van der Waals surface area contributed by atoms with Gasteiger partial charge in [-0.1, -0.05) is 6.07 Å². The van der Waals surface area contributed by atoms with Crippen molar-refractivity contribution in [3.63, 3.8) is 0 Å². The third kappa shape index (κ3) is 4.48. The highest BCUT2D eigenvalue weighted by Gasteiger charge is 2.43. The summed E-state index contributed by atoms with van der Waals surface area (Å²) in [4.78, 5) is 17.6. The van der Waals surface area contributed by atoms with Crippen LogP contribution in [0, 0.1) is 11.8 Å². The summed E-state index contributed by atoms with van der Waals surface area (Å²) in [5, 5.41) is 3.07. The third-order valence-electron chi connectivity index (χ3n) is 7.06. The summed E-state index contributed by atoms with van der Waals surface area (Å²) in [6, 6.07) is 11.7. The van der Waals surface area contributed by atoms with Crippen molar-refractivity contribution < 1.29 is 22.7 Å². The molecule has 1 N–H and O–H groups in total. The van der Waals surface area contributed by atoms with Crippen LogP contribution in [0.5, 0.6) is 5.75 Å². The normalized spacial score (nSPS) is 22.4. The highest BCUT2D eigenvalue weighted by Crippen LogP contribution is 2.40. The predicted octanol–water partition coefficient (Wildman–Crippen LogP) is 4.11. The summed E-state index contributed by atoms with van der Waals surface area (Å²) in [6.45, 7) is 2.61. The second-order valence-electron chi connectivity index (χ2n) is 9.25. The van der Waals surface area contributed by atoms with Gasteiger partial charge in [-0.25, -0.2) is 0 Å². The van der Waals surface area contributed by atoms with E-state index in [-0.39, 0.29) is 11.9 Å². The molecule has 2 heterocycles. The second kappa shape index (κ2) is 8.47. The molecule has 1 saturated heterocycles. The number of nitrogens with zero attached hydrogens (tertiary/aromatic N) is 2. The molecule has 0 bridgehead atoms. The fourth-order valence-electron chi connectivity index (χ4n) is 5.04. The molecule has 1 amide bonds. The van der Waals surface area contributed by atoms with E-state index in [9.17, 15) is 18.0 Å². The molecule has 0 aromatic heterocycles. The van der Waals surface area contributed by atoms with Crippen LogP contribution in [0.2, 0.25) is 0 Å². The van der Waals surface area contributed by atoms with Crippen molar-refractivity contribution in [3.05, 3.63) is 53.6 Å². The van der Waals surface area contributed by atoms with Gasteiger partial charge < -0.3 is 19.9 Å². The Kier molecular flexibility index (Phi) is 5.62. The van der Waals surface area contributed by atoms with Crippen LogP contribution in [0.25, 0.3) is 0 Å². The van der Waals surface area contributed by atoms with E-state index in [1.807, 2.05) is 24.3 Å². The van der Waals surface area contributed by atoms with Crippen LogP contribution in [0.4, 0.5) is 24.5 Å². The number of anilines is 2. The number of ether oxygens (including phenoxy) is 1. The van der Waals surface area contributed by atoms with E-state index in [0.717, 1.165) is 36.0 Å². The van der Waals surface area contributed by atoms with Gasteiger partial charge in [-0.3, -0.25) is 4.79 Å². The molecule has 1 saturated carbocycles. The fraction of sp³-hybridized carbons (Fsp3) is 0.480. The lowest BCUT2D eigenvalue weighted by molar-refractivity contribution is -0.137. The molecular formula is C25H28F3N3O2. The van der Waals surface area contributed by atoms with E-state index in [0.29, 0.717) is 44.1 Å². The number of carbonyl (C=O) groups excluding carboxylic acids is 1. The Hall–Kier alpha value is -2.90. The van der Waals surface area contributed by atoms with Crippen molar-refractivity contribution in [1.82, 2.24) is 5.32 Å². The Bertz CT molecular complexity index is 1040. The van der Waals surface area contributed by atoms with Gasteiger partial charge in [0.05, 0.1) is 24.6 Å². The summed E-state index contributed by atoms with van der Waals surface area (Å²) in [6.07, 6.45) is -1.84. The Balaban J connectivity index is 1.45. The van der Waals surface area contributed by atoms with Gasteiger partial charge in [-0.05, 0) is 61.1 Å². The quantitative estimate of drug-likeness (QED) is 0.731. The highest BCUT2D eigenvalue weighted by molar-refractivity contribution is 5.82. The molecule has 3 aliphatic rings. The number of alkyl halides is 3. The lowest BCUT2D eigenvalue weighted by Crippen LogP contribution is -2.61. The molecule has 2 aliphatic heterocycles. The first-order valence-electron chi connectivity index (χ1n) is 11.5. The lowest BCUT2D eigenvalue weighted by Gasteiger charge is -2.49. The second-order valence-corrected chi connectivity index (χ2v) is 9.25. The monoisotopic (exact) mass is 459 g/mol. The zero-order chi connectivity index (χ0) is 23.2. The fourth-order valence-corrected chi connectivity index (χ4v) is 5.04. The minimum absolute atomic E-state index is 0.0625. The van der Waals surface area contributed by atoms with Crippen molar-refractivity contribution in [2.75, 3.05) is 43.1 Å². The maximum atomic E-state index is 13.4. The molecule has 2 atom stereocenters. The van der Waals surface area contributed by atoms with Gasteiger partial charge in [-0.15, -0.1) is 0 Å². The summed E-state index contributed by atoms with van der Waals surface area (Å²) in [7, 11) is 1.63. The van der Waals surface area contributed by atoms with Gasteiger partial charge in [0.25, 0.3) is 0 Å². The average Bonchev–Trinajstić information content (AvgIpc) is 3.65. The SMILES string of the molecule is COc1cccc(N2CCN3c4ccc(C(F)(F)F)cc4C[C@@H](C(=O)NCC4CC4)[C@H]3C2)c1. The molecule has 2 aromatic carbocycles. The standard InChI is InChI=1S/C25H28F3N3O2/c1-33-20-4-2-3-19(13-20)30-9-10-31-22-8-7-18(25(26,27)28)11-17(22)12-21(23(31)15-30)24(32)29-14-16-5-6-16/h2-4,7-8,11,13,16,21,23H,5-6,9-10,12,14-15H2,1H3,(H,29,32)/t21-,23-/m1/s1. The molecule has 33 heavy (non-hydrogen) atoms. The van der Waals surface area contributed by atoms with E-state index in [4.69, 9.17) is 4.74 Å². The van der Waals surface area contributed by atoms with Gasteiger partial charge >= 0.3 is 6.18 Å². The summed E-state index contributed by atoms with van der Waals surface area (Å²) in [5.74, 6) is 0.834. The van der Waals surface area contributed by atoms with Gasteiger partial charge in [0, 0.05) is 43.6 Å². The molecule has 2 fully saturated rings. The number of rotatable bonds is 5. The average molecular weight is 460 g/mol. The first-order valence-corrected chi connectivity index (χ1v) is 11.5. The van der Waals surface area contributed by atoms with E-state index >= 15 is 0 Å². The van der Waals surface area contributed by atoms with Gasteiger partial charge in [0.2, 0.25) is 5.91 Å². The molecule has 0 spiro atoms. The number of fused-ring (bicyclic) bond motifs is 3. The number of amides is 1. The molecule has 176 valence electrons. The van der Waals surface area contributed by atoms with Crippen LogP contribution in [0.3, 0.4) is 0 Å². The minimum atomic E-state index is -4.40. The zero-order valence-corrected chi connectivity index (χ0v) is 18.6. The molecule has 0 radical (unpaired) electrons. The minimum Gasteiger partial charge on any atom is -0.497 e. The van der Waals surface area contributed by atoms with E-state index in [1.165, 1.54) is 6.07 Å². The van der Waals surface area contributed by atoms with E-state index < -0.39 is 17.7 Å². The maximum Gasteiger partial charge on any atom is 0.416 e. The summed E-state index contributed by atoms with van der Waals surface area (Å²) < 4.78 is 45.4. The van der Waals surface area contributed by atoms with Crippen LogP contribution in [0.1, 0.15) is 24.0 Å². The number of piperazine rings is 1. The number of hydrogen-bond acceptors (Lipinski definition) is 4. The Morgan fingerprint density at radius 1 is 1.15 bits per heavy atom. The van der Waals surface area contributed by atoms with Crippen molar-refractivity contribution in [2.45, 2.75) is 31.5 Å². The third-order valence-corrected chi connectivity index (χ3v) is 7.06. The molecular weight excluding hydrogens is 431 g/mol. The molecule has 5 nitrogen and oxygen atoms in total. The first kappa shape index (κ1) is 21.9. The van der Waals surface area contributed by atoms with Crippen LogP contribution >= 0.6 is 0 Å². The Morgan fingerprint density at radius 3 is 2.70 bits per heavy atom. The van der Waals surface area contributed by atoms with Crippen LogP contribution in [-0.2, 0) is 17.4 Å². The molecule has 8 heteroatoms. The first-order chi connectivity index (χ1) is 15.8. The number of halogens is 3. The van der Waals surface area contributed by atoms with Crippen LogP contribution in [0.15, 0.2) is 42.5 Å². The molecule has 1 aliphatic carbocycles. The topological polar surface area (TPSA) is 44.8 Å².